The molecule has 1 N–H and O–H groups in total. The van der Waals surface area contributed by atoms with Gasteiger partial charge in [0.25, 0.3) is 0 Å². The average Bonchev–Trinajstić information content (AvgIpc) is 2.81. The van der Waals surface area contributed by atoms with Gasteiger partial charge in [-0.05, 0) is 50.5 Å². The molecule has 184 valence electrons. The Kier molecular flexibility index (Phi) is 10.4. The zero-order valence-electron chi connectivity index (χ0n) is 20.2. The number of nitrogens with one attached hydrogen (secondary N) is 1. The molecular weight excluding hydrogens is 438 g/mol. The van der Waals surface area contributed by atoms with Gasteiger partial charge in [0.2, 0.25) is 0 Å². The number of hydrogen-bond acceptors (Lipinski definition) is 7. The fourth-order valence-electron chi connectivity index (χ4n) is 2.92. The quantitative estimate of drug-likeness (QED) is 0.387. The second-order valence-electron chi connectivity index (χ2n) is 8.65. The Morgan fingerprint density at radius 1 is 0.941 bits per heavy atom. The van der Waals surface area contributed by atoms with Gasteiger partial charge in [-0.2, -0.15) is 0 Å². The van der Waals surface area contributed by atoms with E-state index in [-0.39, 0.29) is 25.6 Å². The number of hydrogen-bond donors (Lipinski definition) is 1. The lowest BCUT2D eigenvalue weighted by Gasteiger charge is -2.24. The number of aryl methyl sites for hydroxylation is 1. The van der Waals surface area contributed by atoms with Gasteiger partial charge in [-0.25, -0.2) is 9.59 Å². The number of benzene rings is 2. The number of rotatable bonds is 11. The first kappa shape index (κ1) is 26.7. The molecule has 0 radical (unpaired) electrons. The summed E-state index contributed by atoms with van der Waals surface area (Å²) in [7, 11) is 1.36. The molecule has 2 rings (SSSR count). The number of alkyl carbamates (subject to hydrolysis) is 1. The van der Waals surface area contributed by atoms with Crippen LogP contribution in [0.4, 0.5) is 4.79 Å². The van der Waals surface area contributed by atoms with Crippen LogP contribution >= 0.6 is 0 Å². The molecule has 0 aliphatic carbocycles. The Hall–Kier alpha value is -3.55. The van der Waals surface area contributed by atoms with Crippen LogP contribution in [0.5, 0.6) is 5.75 Å². The van der Waals surface area contributed by atoms with Crippen molar-refractivity contribution in [1.82, 2.24) is 5.32 Å². The van der Waals surface area contributed by atoms with Crippen molar-refractivity contribution in [2.45, 2.75) is 58.3 Å². The molecule has 2 aromatic rings. The molecule has 1 amide bonds. The van der Waals surface area contributed by atoms with Gasteiger partial charge in [0, 0.05) is 12.8 Å². The van der Waals surface area contributed by atoms with E-state index in [1.807, 2.05) is 42.5 Å². The Morgan fingerprint density at radius 2 is 1.62 bits per heavy atom. The van der Waals surface area contributed by atoms with Crippen molar-refractivity contribution in [3.05, 3.63) is 65.7 Å². The van der Waals surface area contributed by atoms with Gasteiger partial charge < -0.3 is 24.3 Å². The molecule has 34 heavy (non-hydrogen) atoms. The molecular formula is C26H33NO7. The van der Waals surface area contributed by atoms with Crippen LogP contribution in [0.25, 0.3) is 0 Å². The van der Waals surface area contributed by atoms with E-state index in [1.54, 1.807) is 32.9 Å². The number of esters is 2. The molecule has 0 saturated heterocycles. The van der Waals surface area contributed by atoms with Gasteiger partial charge >= 0.3 is 18.0 Å². The third-order valence-corrected chi connectivity index (χ3v) is 4.64. The largest absolute Gasteiger partial charge is 0.494 e. The zero-order valence-corrected chi connectivity index (χ0v) is 20.2. The summed E-state index contributed by atoms with van der Waals surface area (Å²) in [4.78, 5) is 36.2. The van der Waals surface area contributed by atoms with Crippen LogP contribution in [-0.2, 0) is 36.8 Å². The maximum atomic E-state index is 12.6. The highest BCUT2D eigenvalue weighted by Crippen LogP contribution is 2.15. The number of carbonyl (C=O) groups excluding carboxylic acids is 3. The predicted octanol–water partition coefficient (Wildman–Crippen LogP) is 4.20. The Balaban J connectivity index is 1.88. The molecule has 1 atom stereocenters. The third kappa shape index (κ3) is 10.4. The van der Waals surface area contributed by atoms with E-state index in [0.717, 1.165) is 11.1 Å². The van der Waals surface area contributed by atoms with Crippen LogP contribution in [0.15, 0.2) is 54.6 Å². The summed E-state index contributed by atoms with van der Waals surface area (Å²) in [6, 6.07) is 15.6. The smallest absolute Gasteiger partial charge is 0.408 e. The van der Waals surface area contributed by atoms with Crippen molar-refractivity contribution in [2.24, 2.45) is 0 Å². The first-order chi connectivity index (χ1) is 16.2. The van der Waals surface area contributed by atoms with Crippen molar-refractivity contribution in [1.29, 1.82) is 0 Å². The van der Waals surface area contributed by atoms with Crippen molar-refractivity contribution >= 4 is 18.0 Å². The second kappa shape index (κ2) is 13.2. The molecule has 2 aromatic carbocycles. The van der Waals surface area contributed by atoms with Gasteiger partial charge in [-0.15, -0.1) is 0 Å². The van der Waals surface area contributed by atoms with Crippen LogP contribution in [-0.4, -0.2) is 43.4 Å². The first-order valence-corrected chi connectivity index (χ1v) is 11.1. The van der Waals surface area contributed by atoms with Gasteiger partial charge in [0.05, 0.1) is 13.7 Å². The van der Waals surface area contributed by atoms with Gasteiger partial charge in [-0.1, -0.05) is 42.5 Å². The van der Waals surface area contributed by atoms with E-state index in [0.29, 0.717) is 18.6 Å². The normalized spacial score (nSPS) is 11.8. The lowest BCUT2D eigenvalue weighted by atomic mass is 10.1. The van der Waals surface area contributed by atoms with E-state index in [2.05, 4.69) is 10.1 Å². The van der Waals surface area contributed by atoms with E-state index in [1.165, 1.54) is 7.11 Å². The molecule has 0 aliphatic heterocycles. The van der Waals surface area contributed by atoms with E-state index in [4.69, 9.17) is 14.2 Å². The monoisotopic (exact) mass is 471 g/mol. The Morgan fingerprint density at radius 3 is 2.24 bits per heavy atom. The minimum absolute atomic E-state index is 0.0898. The van der Waals surface area contributed by atoms with E-state index >= 15 is 0 Å². The molecule has 8 heteroatoms. The molecule has 0 heterocycles. The maximum Gasteiger partial charge on any atom is 0.408 e. The molecule has 0 spiro atoms. The summed E-state index contributed by atoms with van der Waals surface area (Å²) in [5.74, 6) is -0.217. The molecule has 8 nitrogen and oxygen atoms in total. The van der Waals surface area contributed by atoms with Crippen molar-refractivity contribution in [3.63, 3.8) is 0 Å². The number of amides is 1. The van der Waals surface area contributed by atoms with Crippen molar-refractivity contribution in [2.75, 3.05) is 13.7 Å². The molecule has 0 fully saturated rings. The number of carbonyl (C=O) groups is 3. The number of ether oxygens (including phenoxy) is 4. The zero-order chi connectivity index (χ0) is 25.0. The highest BCUT2D eigenvalue weighted by molar-refractivity contribution is 5.81. The van der Waals surface area contributed by atoms with Crippen molar-refractivity contribution < 1.29 is 33.3 Å². The minimum Gasteiger partial charge on any atom is -0.494 e. The summed E-state index contributed by atoms with van der Waals surface area (Å²) in [5, 5.41) is 2.58. The molecule has 1 unspecified atom stereocenters. The SMILES string of the molecule is COC(=O)CCc1ccc(OCCC(NC(=O)OCc2ccccc2)C(=O)OC(C)(C)C)cc1. The summed E-state index contributed by atoms with van der Waals surface area (Å²) in [5.41, 5.74) is 1.11. The van der Waals surface area contributed by atoms with Crippen LogP contribution in [0.1, 0.15) is 44.7 Å². The van der Waals surface area contributed by atoms with Crippen LogP contribution in [0.3, 0.4) is 0 Å². The Bertz CT molecular complexity index is 920. The fraction of sp³-hybridized carbons (Fsp3) is 0.423. The Labute approximate surface area is 200 Å². The third-order valence-electron chi connectivity index (χ3n) is 4.64. The highest BCUT2D eigenvalue weighted by atomic mass is 16.6. The van der Waals surface area contributed by atoms with Crippen LogP contribution in [0.2, 0.25) is 0 Å². The van der Waals surface area contributed by atoms with Crippen LogP contribution < -0.4 is 10.1 Å². The second-order valence-corrected chi connectivity index (χ2v) is 8.65. The summed E-state index contributed by atoms with van der Waals surface area (Å²) >= 11 is 0. The van der Waals surface area contributed by atoms with Gasteiger partial charge in [0.15, 0.2) is 0 Å². The molecule has 0 aromatic heterocycles. The van der Waals surface area contributed by atoms with Crippen LogP contribution in [0, 0.1) is 0 Å². The fourth-order valence-corrected chi connectivity index (χ4v) is 2.92. The molecule has 0 aliphatic rings. The van der Waals surface area contributed by atoms with E-state index < -0.39 is 23.7 Å². The predicted molar refractivity (Wildman–Crippen MR) is 126 cm³/mol. The first-order valence-electron chi connectivity index (χ1n) is 11.1. The van der Waals surface area contributed by atoms with Crippen molar-refractivity contribution in [3.8, 4) is 5.75 Å². The topological polar surface area (TPSA) is 100 Å². The van der Waals surface area contributed by atoms with Gasteiger partial charge in [-0.3, -0.25) is 4.79 Å². The minimum atomic E-state index is -0.929. The molecule has 0 bridgehead atoms. The summed E-state index contributed by atoms with van der Waals surface area (Å²) in [6.07, 6.45) is 0.359. The molecule has 0 saturated carbocycles. The highest BCUT2D eigenvalue weighted by Gasteiger charge is 2.27. The number of methoxy groups -OCH3 is 1. The standard InChI is InChI=1S/C26H33NO7/c1-26(2,3)34-24(29)22(27-25(30)33-18-20-8-6-5-7-9-20)16-17-32-21-13-10-19(11-14-21)12-15-23(28)31-4/h5-11,13-14,22H,12,15-18H2,1-4H3,(H,27,30). The van der Waals surface area contributed by atoms with Gasteiger partial charge in [0.1, 0.15) is 24.0 Å². The lowest BCUT2D eigenvalue weighted by molar-refractivity contribution is -0.157. The lowest BCUT2D eigenvalue weighted by Crippen LogP contribution is -2.45. The average molecular weight is 472 g/mol. The van der Waals surface area contributed by atoms with E-state index in [9.17, 15) is 14.4 Å². The summed E-state index contributed by atoms with van der Waals surface area (Å²) in [6.45, 7) is 5.53. The summed E-state index contributed by atoms with van der Waals surface area (Å²) < 4.78 is 21.1. The maximum absolute atomic E-state index is 12.6.